The third-order valence-electron chi connectivity index (χ3n) is 4.99. The number of nitro groups is 1. The molecule has 2 heterocycles. The largest absolute Gasteiger partial charge is 0.467 e. The number of amides is 1. The zero-order valence-corrected chi connectivity index (χ0v) is 20.3. The van der Waals surface area contributed by atoms with E-state index in [1.807, 2.05) is 6.92 Å². The Hall–Kier alpha value is -3.93. The van der Waals surface area contributed by atoms with Crippen LogP contribution in [0.25, 0.3) is 0 Å². The SMILES string of the molecule is CCOCCOC(=O)C1=C(C)NC(C)=C(C(=O)OCC)C1c1cccc([N+](=O)[O-])c1.CN1OC1=O. The van der Waals surface area contributed by atoms with Gasteiger partial charge in [-0.1, -0.05) is 12.1 Å². The number of nitrogens with zero attached hydrogens (tertiary/aromatic N) is 2. The van der Waals surface area contributed by atoms with Crippen LogP contribution in [-0.4, -0.2) is 61.5 Å². The van der Waals surface area contributed by atoms with Gasteiger partial charge >= 0.3 is 18.0 Å². The molecular weight excluding hydrogens is 462 g/mol. The number of hydrogen-bond acceptors (Lipinski definition) is 10. The summed E-state index contributed by atoms with van der Waals surface area (Å²) in [7, 11) is 1.56. The van der Waals surface area contributed by atoms with Crippen molar-refractivity contribution in [1.82, 2.24) is 10.4 Å². The molecule has 1 atom stereocenters. The Balaban J connectivity index is 0.000000764. The first-order valence-electron chi connectivity index (χ1n) is 10.9. The number of esters is 2. The highest BCUT2D eigenvalue weighted by Gasteiger charge is 2.38. The molecule has 1 saturated heterocycles. The van der Waals surface area contributed by atoms with Crippen LogP contribution in [0.15, 0.2) is 46.8 Å². The van der Waals surface area contributed by atoms with Crippen LogP contribution < -0.4 is 5.32 Å². The molecule has 0 radical (unpaired) electrons. The first-order chi connectivity index (χ1) is 16.6. The van der Waals surface area contributed by atoms with E-state index in [0.29, 0.717) is 23.6 Å². The molecule has 0 bridgehead atoms. The Morgan fingerprint density at radius 2 is 1.66 bits per heavy atom. The Bertz CT molecular complexity index is 1050. The molecule has 12 nitrogen and oxygen atoms in total. The predicted molar refractivity (Wildman–Crippen MR) is 123 cm³/mol. The standard InChI is InChI=1S/C21H26N2O7.C2H3NO2/c1-5-28-10-11-30-21(25)18-14(4)22-13(3)17(20(24)29-6-2)19(18)15-8-7-9-16(12-15)23(26)27;1-3-2(4)5-3/h7-9,12,19,22H,5-6,10-11H2,1-4H3;1H3. The summed E-state index contributed by atoms with van der Waals surface area (Å²) in [6.07, 6.45) is -0.245. The first kappa shape index (κ1) is 27.3. The van der Waals surface area contributed by atoms with Crippen molar-refractivity contribution in [3.05, 3.63) is 62.5 Å². The number of rotatable bonds is 9. The van der Waals surface area contributed by atoms with Gasteiger partial charge in [-0.25, -0.2) is 14.4 Å². The molecule has 12 heteroatoms. The van der Waals surface area contributed by atoms with Gasteiger partial charge in [0, 0.05) is 30.1 Å². The van der Waals surface area contributed by atoms with E-state index >= 15 is 0 Å². The lowest BCUT2D eigenvalue weighted by molar-refractivity contribution is -0.384. The molecule has 1 aromatic carbocycles. The van der Waals surface area contributed by atoms with Gasteiger partial charge < -0.3 is 24.4 Å². The molecule has 1 N–H and O–H groups in total. The third kappa shape index (κ3) is 7.27. The van der Waals surface area contributed by atoms with E-state index in [1.54, 1.807) is 33.9 Å². The highest BCUT2D eigenvalue weighted by molar-refractivity contribution is 6.00. The lowest BCUT2D eigenvalue weighted by atomic mass is 9.80. The van der Waals surface area contributed by atoms with Gasteiger partial charge in [-0.2, -0.15) is 0 Å². The topological polar surface area (TPSA) is 150 Å². The highest BCUT2D eigenvalue weighted by atomic mass is 16.9. The Morgan fingerprint density at radius 3 is 2.14 bits per heavy atom. The van der Waals surface area contributed by atoms with Crippen molar-refractivity contribution in [2.75, 3.05) is 33.5 Å². The number of hydrogen-bond donors (Lipinski definition) is 1. The quantitative estimate of drug-likeness (QED) is 0.180. The van der Waals surface area contributed by atoms with Crippen molar-refractivity contribution in [2.24, 2.45) is 0 Å². The van der Waals surface area contributed by atoms with Crippen LogP contribution in [0.5, 0.6) is 0 Å². The molecule has 1 aromatic rings. The minimum atomic E-state index is -0.871. The van der Waals surface area contributed by atoms with Crippen molar-refractivity contribution in [3.63, 3.8) is 0 Å². The van der Waals surface area contributed by atoms with Gasteiger partial charge in [-0.15, -0.1) is 5.06 Å². The number of hydroxylamine groups is 2. The van der Waals surface area contributed by atoms with Crippen LogP contribution in [0, 0.1) is 10.1 Å². The zero-order valence-electron chi connectivity index (χ0n) is 20.3. The molecule has 3 rings (SSSR count). The molecule has 190 valence electrons. The zero-order chi connectivity index (χ0) is 26.1. The summed E-state index contributed by atoms with van der Waals surface area (Å²) in [5.41, 5.74) is 1.69. The maximum Gasteiger partial charge on any atom is 0.467 e. The fourth-order valence-electron chi connectivity index (χ4n) is 3.41. The van der Waals surface area contributed by atoms with Crippen LogP contribution in [-0.2, 0) is 28.6 Å². The fraction of sp³-hybridized carbons (Fsp3) is 0.435. The Morgan fingerprint density at radius 1 is 1.09 bits per heavy atom. The fourth-order valence-corrected chi connectivity index (χ4v) is 3.41. The highest BCUT2D eigenvalue weighted by Crippen LogP contribution is 2.40. The van der Waals surface area contributed by atoms with E-state index in [-0.39, 0.29) is 42.7 Å². The number of carbonyl (C=O) groups is 3. The van der Waals surface area contributed by atoms with Crippen LogP contribution in [0.2, 0.25) is 0 Å². The molecule has 0 spiro atoms. The summed E-state index contributed by atoms with van der Waals surface area (Å²) in [5, 5.41) is 15.5. The Labute approximate surface area is 202 Å². The molecular formula is C23H29N3O9. The number of nitrogens with one attached hydrogen (secondary N) is 1. The van der Waals surface area contributed by atoms with Gasteiger partial charge in [0.05, 0.1) is 42.2 Å². The summed E-state index contributed by atoms with van der Waals surface area (Å²) in [6.45, 7) is 7.81. The van der Waals surface area contributed by atoms with Crippen LogP contribution >= 0.6 is 0 Å². The van der Waals surface area contributed by atoms with Crippen LogP contribution in [0.3, 0.4) is 0 Å². The van der Waals surface area contributed by atoms with E-state index < -0.39 is 22.8 Å². The van der Waals surface area contributed by atoms with Crippen molar-refractivity contribution in [2.45, 2.75) is 33.6 Å². The van der Waals surface area contributed by atoms with E-state index in [9.17, 15) is 24.5 Å². The van der Waals surface area contributed by atoms with Crippen LogP contribution in [0.1, 0.15) is 39.2 Å². The maximum absolute atomic E-state index is 12.9. The van der Waals surface area contributed by atoms with E-state index in [0.717, 1.165) is 5.06 Å². The molecule has 1 amide bonds. The number of ether oxygens (including phenoxy) is 3. The average Bonchev–Trinajstić information content (AvgIpc) is 3.47. The minimum Gasteiger partial charge on any atom is -0.463 e. The van der Waals surface area contributed by atoms with Gasteiger partial charge in [0.25, 0.3) is 5.69 Å². The molecule has 0 aromatic heterocycles. The molecule has 1 fully saturated rings. The van der Waals surface area contributed by atoms with E-state index in [4.69, 9.17) is 14.2 Å². The van der Waals surface area contributed by atoms with E-state index in [1.165, 1.54) is 18.2 Å². The van der Waals surface area contributed by atoms with E-state index in [2.05, 4.69) is 10.2 Å². The first-order valence-corrected chi connectivity index (χ1v) is 10.9. The Kier molecular flexibility index (Phi) is 9.76. The summed E-state index contributed by atoms with van der Waals surface area (Å²) in [5.74, 6) is -2.11. The van der Waals surface area contributed by atoms with Gasteiger partial charge in [0.15, 0.2) is 0 Å². The molecule has 35 heavy (non-hydrogen) atoms. The second-order valence-corrected chi connectivity index (χ2v) is 7.40. The van der Waals surface area contributed by atoms with Gasteiger partial charge in [-0.3, -0.25) is 10.1 Å². The second-order valence-electron chi connectivity index (χ2n) is 7.40. The molecule has 2 aliphatic rings. The number of non-ortho nitro benzene ring substituents is 1. The lowest BCUT2D eigenvalue weighted by Crippen LogP contribution is -2.32. The maximum atomic E-state index is 12.9. The summed E-state index contributed by atoms with van der Waals surface area (Å²) >= 11 is 0. The van der Waals surface area contributed by atoms with Crippen LogP contribution in [0.4, 0.5) is 10.5 Å². The summed E-state index contributed by atoms with van der Waals surface area (Å²) in [6, 6.07) is 5.85. The minimum absolute atomic E-state index is 0.0442. The second kappa shape index (κ2) is 12.5. The molecule has 0 saturated carbocycles. The van der Waals surface area contributed by atoms with Crippen molar-refractivity contribution < 1.29 is 38.4 Å². The normalized spacial score (nSPS) is 16.5. The van der Waals surface area contributed by atoms with Crippen molar-refractivity contribution >= 4 is 23.7 Å². The predicted octanol–water partition coefficient (Wildman–Crippen LogP) is 2.96. The third-order valence-corrected chi connectivity index (χ3v) is 4.99. The number of dihydropyridines is 1. The lowest BCUT2D eigenvalue weighted by Gasteiger charge is -2.30. The summed E-state index contributed by atoms with van der Waals surface area (Å²) in [4.78, 5) is 50.1. The molecule has 2 aliphatic heterocycles. The molecule has 0 aliphatic carbocycles. The summed E-state index contributed by atoms with van der Waals surface area (Å²) < 4.78 is 15.7. The number of nitro benzene ring substituents is 1. The van der Waals surface area contributed by atoms with Gasteiger partial charge in [0.2, 0.25) is 0 Å². The average molecular weight is 491 g/mol. The van der Waals surface area contributed by atoms with Crippen molar-refractivity contribution in [3.8, 4) is 0 Å². The number of allylic oxidation sites excluding steroid dienone is 2. The van der Waals surface area contributed by atoms with Gasteiger partial charge in [0.1, 0.15) is 6.61 Å². The van der Waals surface area contributed by atoms with Gasteiger partial charge in [-0.05, 0) is 33.3 Å². The molecule has 1 unspecified atom stereocenters. The number of carbonyl (C=O) groups excluding carboxylic acids is 3. The van der Waals surface area contributed by atoms with Crippen molar-refractivity contribution in [1.29, 1.82) is 0 Å². The smallest absolute Gasteiger partial charge is 0.463 e. The number of benzene rings is 1. The monoisotopic (exact) mass is 491 g/mol.